The zero-order valence-corrected chi connectivity index (χ0v) is 8.76. The highest BCUT2D eigenvalue weighted by molar-refractivity contribution is 4.78. The van der Waals surface area contributed by atoms with Gasteiger partial charge in [0.15, 0.2) is 0 Å². The van der Waals surface area contributed by atoms with Crippen LogP contribution in [0, 0.1) is 5.92 Å². The molecule has 1 saturated carbocycles. The summed E-state index contributed by atoms with van der Waals surface area (Å²) in [6.45, 7) is 7.46. The Morgan fingerprint density at radius 3 is 2.85 bits per heavy atom. The molecule has 1 unspecified atom stereocenters. The van der Waals surface area contributed by atoms with Crippen LogP contribution in [0.25, 0.3) is 0 Å². The second-order valence-electron chi connectivity index (χ2n) is 4.77. The van der Waals surface area contributed by atoms with E-state index >= 15 is 0 Å². The molecule has 0 aromatic heterocycles. The monoisotopic (exact) mass is 182 g/mol. The van der Waals surface area contributed by atoms with Crippen LogP contribution in [-0.2, 0) is 0 Å². The molecular weight excluding hydrogens is 160 g/mol. The third kappa shape index (κ3) is 2.68. The number of nitrogens with one attached hydrogen (secondary N) is 1. The molecule has 1 aliphatic heterocycles. The molecule has 1 saturated heterocycles. The molecule has 1 N–H and O–H groups in total. The molecule has 1 atom stereocenters. The summed E-state index contributed by atoms with van der Waals surface area (Å²) >= 11 is 0. The van der Waals surface area contributed by atoms with Gasteiger partial charge in [0, 0.05) is 19.1 Å². The highest BCUT2D eigenvalue weighted by Gasteiger charge is 2.22. The first kappa shape index (κ1) is 9.47. The van der Waals surface area contributed by atoms with Gasteiger partial charge in [-0.15, -0.1) is 0 Å². The molecule has 0 bridgehead atoms. The normalized spacial score (nSPS) is 32.5. The van der Waals surface area contributed by atoms with Crippen LogP contribution in [0.2, 0.25) is 0 Å². The first-order valence-corrected chi connectivity index (χ1v) is 5.80. The van der Waals surface area contributed by atoms with Crippen molar-refractivity contribution < 1.29 is 0 Å². The molecule has 13 heavy (non-hydrogen) atoms. The Kier molecular flexibility index (Phi) is 3.23. The molecule has 0 aromatic carbocycles. The van der Waals surface area contributed by atoms with Crippen LogP contribution in [0.1, 0.15) is 32.6 Å². The fourth-order valence-corrected chi connectivity index (χ4v) is 2.40. The van der Waals surface area contributed by atoms with E-state index in [-0.39, 0.29) is 0 Å². The van der Waals surface area contributed by atoms with Crippen molar-refractivity contribution in [3.63, 3.8) is 0 Å². The van der Waals surface area contributed by atoms with Crippen LogP contribution in [-0.4, -0.2) is 37.1 Å². The summed E-state index contributed by atoms with van der Waals surface area (Å²) < 4.78 is 0. The molecule has 0 amide bonds. The number of hydrogen-bond acceptors (Lipinski definition) is 2. The van der Waals surface area contributed by atoms with Gasteiger partial charge in [-0.25, -0.2) is 0 Å². The average Bonchev–Trinajstić information content (AvgIpc) is 2.22. The largest absolute Gasteiger partial charge is 0.313 e. The van der Waals surface area contributed by atoms with Gasteiger partial charge in [-0.05, 0) is 45.2 Å². The summed E-state index contributed by atoms with van der Waals surface area (Å²) in [6, 6.07) is 0.697. The zero-order valence-electron chi connectivity index (χ0n) is 8.76. The third-order valence-electron chi connectivity index (χ3n) is 3.42. The smallest absolute Gasteiger partial charge is 0.0166 e. The highest BCUT2D eigenvalue weighted by Crippen LogP contribution is 2.27. The van der Waals surface area contributed by atoms with E-state index < -0.39 is 0 Å². The van der Waals surface area contributed by atoms with E-state index in [4.69, 9.17) is 0 Å². The van der Waals surface area contributed by atoms with Gasteiger partial charge in [0.2, 0.25) is 0 Å². The fourth-order valence-electron chi connectivity index (χ4n) is 2.40. The third-order valence-corrected chi connectivity index (χ3v) is 3.42. The molecule has 2 heteroatoms. The maximum absolute atomic E-state index is 3.54. The first-order valence-electron chi connectivity index (χ1n) is 5.80. The Labute approximate surface area is 81.7 Å². The van der Waals surface area contributed by atoms with E-state index in [1.807, 2.05) is 0 Å². The minimum atomic E-state index is 0.697. The van der Waals surface area contributed by atoms with Gasteiger partial charge in [0.25, 0.3) is 0 Å². The molecule has 1 aliphatic carbocycles. The van der Waals surface area contributed by atoms with Gasteiger partial charge in [-0.1, -0.05) is 6.42 Å². The minimum absolute atomic E-state index is 0.697. The lowest BCUT2D eigenvalue weighted by Gasteiger charge is -2.32. The summed E-state index contributed by atoms with van der Waals surface area (Å²) in [5.41, 5.74) is 0. The summed E-state index contributed by atoms with van der Waals surface area (Å²) in [5.74, 6) is 1.03. The van der Waals surface area contributed by atoms with Crippen molar-refractivity contribution in [3.05, 3.63) is 0 Å². The lowest BCUT2D eigenvalue weighted by molar-refractivity contribution is 0.177. The van der Waals surface area contributed by atoms with E-state index in [0.29, 0.717) is 6.04 Å². The van der Waals surface area contributed by atoms with Crippen LogP contribution in [0.4, 0.5) is 0 Å². The quantitative estimate of drug-likeness (QED) is 0.695. The molecule has 2 rings (SSSR count). The number of hydrogen-bond donors (Lipinski definition) is 1. The highest BCUT2D eigenvalue weighted by atomic mass is 15.2. The average molecular weight is 182 g/mol. The fraction of sp³-hybridized carbons (Fsp3) is 1.00. The Bertz CT molecular complexity index is 154. The lowest BCUT2D eigenvalue weighted by atomic mass is 9.85. The van der Waals surface area contributed by atoms with Crippen LogP contribution in [0.3, 0.4) is 0 Å². The van der Waals surface area contributed by atoms with Crippen molar-refractivity contribution >= 4 is 0 Å². The summed E-state index contributed by atoms with van der Waals surface area (Å²) in [4.78, 5) is 2.66. The van der Waals surface area contributed by atoms with Crippen molar-refractivity contribution in [1.82, 2.24) is 10.2 Å². The summed E-state index contributed by atoms with van der Waals surface area (Å²) in [6.07, 6.45) is 5.78. The van der Waals surface area contributed by atoms with E-state index in [1.54, 1.807) is 0 Å². The Balaban J connectivity index is 1.75. The summed E-state index contributed by atoms with van der Waals surface area (Å²) in [5, 5.41) is 3.54. The molecule has 2 nitrogen and oxygen atoms in total. The number of rotatable bonds is 2. The van der Waals surface area contributed by atoms with Crippen molar-refractivity contribution in [2.45, 2.75) is 38.6 Å². The second kappa shape index (κ2) is 4.43. The van der Waals surface area contributed by atoms with Gasteiger partial charge in [0.05, 0.1) is 0 Å². The molecule has 0 radical (unpaired) electrons. The maximum atomic E-state index is 3.54. The van der Waals surface area contributed by atoms with Gasteiger partial charge in [-0.2, -0.15) is 0 Å². The molecule has 2 aliphatic rings. The van der Waals surface area contributed by atoms with Gasteiger partial charge < -0.3 is 10.2 Å². The van der Waals surface area contributed by atoms with Crippen molar-refractivity contribution in [2.24, 2.45) is 5.92 Å². The Morgan fingerprint density at radius 1 is 1.31 bits per heavy atom. The predicted molar refractivity (Wildman–Crippen MR) is 55.9 cm³/mol. The van der Waals surface area contributed by atoms with Crippen LogP contribution >= 0.6 is 0 Å². The van der Waals surface area contributed by atoms with E-state index in [2.05, 4.69) is 17.1 Å². The Morgan fingerprint density at radius 2 is 2.15 bits per heavy atom. The predicted octanol–water partition coefficient (Wildman–Crippen LogP) is 1.47. The van der Waals surface area contributed by atoms with Crippen molar-refractivity contribution in [2.75, 3.05) is 26.2 Å². The van der Waals surface area contributed by atoms with Gasteiger partial charge >= 0.3 is 0 Å². The second-order valence-corrected chi connectivity index (χ2v) is 4.77. The van der Waals surface area contributed by atoms with Crippen molar-refractivity contribution in [3.8, 4) is 0 Å². The molecule has 76 valence electrons. The van der Waals surface area contributed by atoms with Crippen LogP contribution in [0.5, 0.6) is 0 Å². The molecular formula is C11H22N2. The molecule has 2 fully saturated rings. The lowest BCUT2D eigenvalue weighted by Crippen LogP contribution is -2.39. The topological polar surface area (TPSA) is 15.3 Å². The molecule has 0 spiro atoms. The number of nitrogens with zero attached hydrogens (tertiary/aromatic N) is 1. The van der Waals surface area contributed by atoms with E-state index in [0.717, 1.165) is 5.92 Å². The Hall–Kier alpha value is -0.0800. The minimum Gasteiger partial charge on any atom is -0.313 e. The van der Waals surface area contributed by atoms with Gasteiger partial charge in [-0.3, -0.25) is 0 Å². The standard InChI is InChI=1S/C11H22N2/c1-10-8-13(7-3-6-12-10)9-11-4-2-5-11/h10-12H,2-9H2,1H3. The summed E-state index contributed by atoms with van der Waals surface area (Å²) in [7, 11) is 0. The van der Waals surface area contributed by atoms with Gasteiger partial charge in [0.1, 0.15) is 0 Å². The van der Waals surface area contributed by atoms with E-state index in [9.17, 15) is 0 Å². The van der Waals surface area contributed by atoms with E-state index in [1.165, 1.54) is 51.9 Å². The molecule has 1 heterocycles. The van der Waals surface area contributed by atoms with Crippen LogP contribution in [0.15, 0.2) is 0 Å². The zero-order chi connectivity index (χ0) is 9.10. The maximum Gasteiger partial charge on any atom is 0.0166 e. The first-order chi connectivity index (χ1) is 6.34. The molecule has 0 aromatic rings. The SMILES string of the molecule is CC1CN(CC2CCC2)CCCN1. The van der Waals surface area contributed by atoms with Crippen LogP contribution < -0.4 is 5.32 Å². The van der Waals surface area contributed by atoms with Crippen molar-refractivity contribution in [1.29, 1.82) is 0 Å².